The minimum atomic E-state index is -0.136. The van der Waals surface area contributed by atoms with Crippen molar-refractivity contribution >= 4 is 34.9 Å². The standard InChI is InChI=1S/C27H34Cl2N6O2/c1-3-20-17-34(26-23(29)14-18(16-31-26)25-30-8-11-32(25)2)12-13-35(20)21-6-9-33(10-7-21)27(37)22-5-4-19(28)15-24(22)36/h4-5,8,11,14-16,20-21,25,30,36H,3,6-7,9-10,12-13,17H2,1-2H3/t20-,25?/m0/s1. The number of piperazine rings is 1. The molecule has 0 radical (unpaired) electrons. The van der Waals surface area contributed by atoms with Gasteiger partial charge in [0.15, 0.2) is 0 Å². The fourth-order valence-electron chi connectivity index (χ4n) is 5.78. The molecule has 37 heavy (non-hydrogen) atoms. The first-order chi connectivity index (χ1) is 17.9. The Morgan fingerprint density at radius 3 is 2.59 bits per heavy atom. The first-order valence-corrected chi connectivity index (χ1v) is 13.7. The van der Waals surface area contributed by atoms with Crippen molar-refractivity contribution in [3.05, 3.63) is 64.0 Å². The minimum absolute atomic E-state index is 0.0562. The van der Waals surface area contributed by atoms with Crippen molar-refractivity contribution in [2.24, 2.45) is 0 Å². The number of carbonyl (C=O) groups is 1. The third kappa shape index (κ3) is 5.33. The van der Waals surface area contributed by atoms with Crippen LogP contribution in [0.1, 0.15) is 48.3 Å². The fraction of sp³-hybridized carbons (Fsp3) is 0.481. The molecular weight excluding hydrogens is 511 g/mol. The van der Waals surface area contributed by atoms with Gasteiger partial charge in [-0.25, -0.2) is 4.98 Å². The Balaban J connectivity index is 1.20. The Labute approximate surface area is 228 Å². The number of piperidine rings is 1. The van der Waals surface area contributed by atoms with Gasteiger partial charge in [0.1, 0.15) is 17.7 Å². The molecule has 0 bridgehead atoms. The summed E-state index contributed by atoms with van der Waals surface area (Å²) >= 11 is 12.7. The molecular formula is C27H34Cl2N6O2. The maximum Gasteiger partial charge on any atom is 0.257 e. The van der Waals surface area contributed by atoms with Crippen molar-refractivity contribution in [2.75, 3.05) is 44.7 Å². The SMILES string of the molecule is CC[C@H]1CN(c2ncc(C3NC=CN3C)cc2Cl)CCN1C1CCN(C(=O)c2ccc(Cl)cc2O)CC1. The van der Waals surface area contributed by atoms with Crippen molar-refractivity contribution in [3.8, 4) is 5.75 Å². The van der Waals surface area contributed by atoms with Crippen LogP contribution < -0.4 is 10.2 Å². The Morgan fingerprint density at radius 2 is 1.95 bits per heavy atom. The molecule has 5 rings (SSSR count). The van der Waals surface area contributed by atoms with Gasteiger partial charge in [0.25, 0.3) is 5.91 Å². The maximum atomic E-state index is 13.0. The van der Waals surface area contributed by atoms with Gasteiger partial charge >= 0.3 is 0 Å². The number of likely N-dealkylation sites (tertiary alicyclic amines) is 1. The highest BCUT2D eigenvalue weighted by Gasteiger charge is 2.35. The lowest BCUT2D eigenvalue weighted by Crippen LogP contribution is -2.58. The largest absolute Gasteiger partial charge is 0.507 e. The molecule has 2 fully saturated rings. The highest BCUT2D eigenvalue weighted by molar-refractivity contribution is 6.33. The number of anilines is 1. The highest BCUT2D eigenvalue weighted by atomic mass is 35.5. The number of carbonyl (C=O) groups excluding carboxylic acids is 1. The molecule has 2 saturated heterocycles. The Morgan fingerprint density at radius 1 is 1.16 bits per heavy atom. The van der Waals surface area contributed by atoms with Gasteiger partial charge in [0.05, 0.1) is 10.6 Å². The number of phenols is 1. The summed E-state index contributed by atoms with van der Waals surface area (Å²) in [6.45, 7) is 6.26. The number of amides is 1. The molecule has 3 aliphatic heterocycles. The molecule has 3 aliphatic rings. The van der Waals surface area contributed by atoms with E-state index >= 15 is 0 Å². The van der Waals surface area contributed by atoms with Crippen LogP contribution in [0.3, 0.4) is 0 Å². The summed E-state index contributed by atoms with van der Waals surface area (Å²) in [7, 11) is 2.02. The molecule has 1 amide bonds. The van der Waals surface area contributed by atoms with Gasteiger partial charge in [0, 0.05) is 81.0 Å². The van der Waals surface area contributed by atoms with Gasteiger partial charge in [-0.1, -0.05) is 30.1 Å². The first-order valence-electron chi connectivity index (χ1n) is 12.9. The molecule has 0 aliphatic carbocycles. The second kappa shape index (κ2) is 11.0. The van der Waals surface area contributed by atoms with Crippen molar-refractivity contribution in [2.45, 2.75) is 44.4 Å². The zero-order valence-electron chi connectivity index (χ0n) is 21.3. The maximum absolute atomic E-state index is 13.0. The number of halogens is 2. The van der Waals surface area contributed by atoms with Crippen LogP contribution in [0.25, 0.3) is 0 Å². The zero-order valence-corrected chi connectivity index (χ0v) is 22.8. The van der Waals surface area contributed by atoms with E-state index in [4.69, 9.17) is 28.2 Å². The van der Waals surface area contributed by atoms with Gasteiger partial charge in [-0.2, -0.15) is 0 Å². The van der Waals surface area contributed by atoms with Gasteiger partial charge in [-0.3, -0.25) is 9.69 Å². The number of hydrogen-bond donors (Lipinski definition) is 2. The second-order valence-corrected chi connectivity index (χ2v) is 10.9. The molecule has 8 nitrogen and oxygen atoms in total. The van der Waals surface area contributed by atoms with Gasteiger partial charge in [-0.05, 0) is 43.5 Å². The second-order valence-electron chi connectivity index (χ2n) is 10.1. The number of nitrogens with one attached hydrogen (secondary N) is 1. The van der Waals surface area contributed by atoms with E-state index in [0.29, 0.717) is 40.8 Å². The lowest BCUT2D eigenvalue weighted by Gasteiger charge is -2.47. The average Bonchev–Trinajstić information content (AvgIpc) is 3.34. The molecule has 4 heterocycles. The van der Waals surface area contributed by atoms with E-state index in [1.807, 2.05) is 36.6 Å². The lowest BCUT2D eigenvalue weighted by atomic mass is 9.97. The predicted molar refractivity (Wildman–Crippen MR) is 147 cm³/mol. The Kier molecular flexibility index (Phi) is 7.70. The van der Waals surface area contributed by atoms with Crippen LogP contribution >= 0.6 is 23.2 Å². The summed E-state index contributed by atoms with van der Waals surface area (Å²) < 4.78 is 0. The summed E-state index contributed by atoms with van der Waals surface area (Å²) in [6.07, 6.45) is 8.77. The molecule has 0 spiro atoms. The van der Waals surface area contributed by atoms with Crippen LogP contribution in [0, 0.1) is 0 Å². The van der Waals surface area contributed by atoms with E-state index in [0.717, 1.165) is 50.3 Å². The summed E-state index contributed by atoms with van der Waals surface area (Å²) in [6, 6.07) is 7.50. The van der Waals surface area contributed by atoms with E-state index < -0.39 is 0 Å². The lowest BCUT2D eigenvalue weighted by molar-refractivity contribution is 0.0489. The number of phenolic OH excluding ortho intramolecular Hbond substituents is 1. The highest BCUT2D eigenvalue weighted by Crippen LogP contribution is 2.32. The Bertz CT molecular complexity index is 1170. The smallest absolute Gasteiger partial charge is 0.257 e. The molecule has 2 atom stereocenters. The summed E-state index contributed by atoms with van der Waals surface area (Å²) in [5, 5.41) is 14.6. The van der Waals surface area contributed by atoms with E-state index in [9.17, 15) is 9.90 Å². The minimum Gasteiger partial charge on any atom is -0.507 e. The molecule has 1 unspecified atom stereocenters. The van der Waals surface area contributed by atoms with E-state index in [2.05, 4.69) is 26.9 Å². The van der Waals surface area contributed by atoms with Gasteiger partial charge < -0.3 is 25.1 Å². The van der Waals surface area contributed by atoms with Crippen LogP contribution in [0.5, 0.6) is 5.75 Å². The Hall–Kier alpha value is -2.68. The normalized spacial score (nSPS) is 23.0. The summed E-state index contributed by atoms with van der Waals surface area (Å²) in [5.74, 6) is 0.647. The zero-order chi connectivity index (χ0) is 26.1. The molecule has 1 aromatic carbocycles. The predicted octanol–water partition coefficient (Wildman–Crippen LogP) is 4.30. The molecule has 0 saturated carbocycles. The monoisotopic (exact) mass is 544 g/mol. The number of pyridine rings is 1. The first kappa shape index (κ1) is 25.9. The van der Waals surface area contributed by atoms with E-state index in [1.165, 1.54) is 6.07 Å². The fourth-order valence-corrected chi connectivity index (χ4v) is 6.24. The number of aromatic nitrogens is 1. The quantitative estimate of drug-likeness (QED) is 0.580. The van der Waals surface area contributed by atoms with Crippen LogP contribution in [0.2, 0.25) is 10.0 Å². The van der Waals surface area contributed by atoms with Crippen LogP contribution in [-0.2, 0) is 0 Å². The molecule has 10 heteroatoms. The topological polar surface area (TPSA) is 75.2 Å². The number of rotatable bonds is 5. The van der Waals surface area contributed by atoms with Crippen LogP contribution in [0.15, 0.2) is 42.9 Å². The van der Waals surface area contributed by atoms with Gasteiger partial charge in [0.2, 0.25) is 0 Å². The molecule has 2 aromatic rings. The van der Waals surface area contributed by atoms with Crippen molar-refractivity contribution < 1.29 is 9.90 Å². The van der Waals surface area contributed by atoms with Crippen molar-refractivity contribution in [3.63, 3.8) is 0 Å². The number of aromatic hydroxyl groups is 1. The van der Waals surface area contributed by atoms with E-state index in [1.54, 1.807) is 12.1 Å². The van der Waals surface area contributed by atoms with Crippen LogP contribution in [0.4, 0.5) is 5.82 Å². The number of hydrogen-bond acceptors (Lipinski definition) is 7. The number of benzene rings is 1. The van der Waals surface area contributed by atoms with Crippen molar-refractivity contribution in [1.82, 2.24) is 25.0 Å². The average molecular weight is 546 g/mol. The van der Waals surface area contributed by atoms with Crippen molar-refractivity contribution in [1.29, 1.82) is 0 Å². The molecule has 2 N–H and O–H groups in total. The molecule has 198 valence electrons. The molecule has 1 aromatic heterocycles. The van der Waals surface area contributed by atoms with Crippen LogP contribution in [-0.4, -0.2) is 82.6 Å². The third-order valence-corrected chi connectivity index (χ3v) is 8.35. The van der Waals surface area contributed by atoms with Gasteiger partial charge in [-0.15, -0.1) is 0 Å². The van der Waals surface area contributed by atoms with E-state index in [-0.39, 0.29) is 17.8 Å². The third-order valence-electron chi connectivity index (χ3n) is 7.84. The summed E-state index contributed by atoms with van der Waals surface area (Å²) in [4.78, 5) is 26.6. The number of nitrogens with zero attached hydrogens (tertiary/aromatic N) is 5. The summed E-state index contributed by atoms with van der Waals surface area (Å²) in [5.41, 5.74) is 1.35.